The summed E-state index contributed by atoms with van der Waals surface area (Å²) in [5, 5.41) is 0.264. The number of hydrogen-bond acceptors (Lipinski definition) is 3. The Hall–Kier alpha value is -2.21. The third kappa shape index (κ3) is 3.46. The number of benzene rings is 2. The largest absolute Gasteiger partial charge is 0.457 e. The molecule has 0 saturated heterocycles. The Morgan fingerprint density at radius 3 is 2.52 bits per heavy atom. The zero-order valence-corrected chi connectivity index (χ0v) is 11.3. The van der Waals surface area contributed by atoms with Gasteiger partial charge in [-0.2, -0.15) is 0 Å². The molecule has 0 aromatic heterocycles. The number of nitrogen functional groups attached to an aromatic ring is 1. The van der Waals surface area contributed by atoms with Gasteiger partial charge in [-0.05, 0) is 24.3 Å². The summed E-state index contributed by atoms with van der Waals surface area (Å²) >= 11 is 5.69. The SMILES string of the molecule is Nc1cc(C(=O)OCc2cc(Cl)ccc2F)c(F)cc1F. The second-order valence-electron chi connectivity index (χ2n) is 4.17. The molecule has 21 heavy (non-hydrogen) atoms. The lowest BCUT2D eigenvalue weighted by molar-refractivity contribution is 0.0463. The average molecular weight is 316 g/mol. The fourth-order valence-electron chi connectivity index (χ4n) is 1.60. The highest BCUT2D eigenvalue weighted by atomic mass is 35.5. The van der Waals surface area contributed by atoms with Gasteiger partial charge in [0.1, 0.15) is 24.1 Å². The number of nitrogens with two attached hydrogens (primary N) is 1. The summed E-state index contributed by atoms with van der Waals surface area (Å²) in [6.45, 7) is -0.443. The Morgan fingerprint density at radius 2 is 1.81 bits per heavy atom. The van der Waals surface area contributed by atoms with Crippen molar-refractivity contribution in [1.29, 1.82) is 0 Å². The number of carbonyl (C=O) groups excluding carboxylic acids is 1. The van der Waals surface area contributed by atoms with E-state index in [9.17, 15) is 18.0 Å². The Labute approximate surface area is 123 Å². The highest BCUT2D eigenvalue weighted by molar-refractivity contribution is 6.30. The van der Waals surface area contributed by atoms with Crippen LogP contribution in [0.15, 0.2) is 30.3 Å². The van der Waals surface area contributed by atoms with Crippen LogP contribution < -0.4 is 5.73 Å². The van der Waals surface area contributed by atoms with Gasteiger partial charge in [-0.1, -0.05) is 11.6 Å². The molecule has 0 amide bonds. The molecule has 7 heteroatoms. The minimum Gasteiger partial charge on any atom is -0.457 e. The van der Waals surface area contributed by atoms with Gasteiger partial charge in [-0.15, -0.1) is 0 Å². The summed E-state index contributed by atoms with van der Waals surface area (Å²) in [6.07, 6.45) is 0. The first-order chi connectivity index (χ1) is 9.88. The maximum Gasteiger partial charge on any atom is 0.341 e. The van der Waals surface area contributed by atoms with Crippen molar-refractivity contribution in [3.8, 4) is 0 Å². The van der Waals surface area contributed by atoms with Crippen LogP contribution in [0.2, 0.25) is 5.02 Å². The van der Waals surface area contributed by atoms with Crippen LogP contribution in [0.3, 0.4) is 0 Å². The molecule has 2 N–H and O–H groups in total. The molecule has 0 atom stereocenters. The lowest BCUT2D eigenvalue weighted by Crippen LogP contribution is -2.10. The van der Waals surface area contributed by atoms with E-state index < -0.39 is 41.3 Å². The number of esters is 1. The number of halogens is 4. The van der Waals surface area contributed by atoms with Crippen LogP contribution in [0.1, 0.15) is 15.9 Å². The van der Waals surface area contributed by atoms with E-state index in [0.717, 1.165) is 12.1 Å². The van der Waals surface area contributed by atoms with E-state index in [-0.39, 0.29) is 10.6 Å². The van der Waals surface area contributed by atoms with Crippen molar-refractivity contribution in [2.75, 3.05) is 5.73 Å². The molecule has 0 aliphatic rings. The first-order valence-electron chi connectivity index (χ1n) is 5.74. The predicted molar refractivity (Wildman–Crippen MR) is 71.3 cm³/mol. The number of anilines is 1. The molecule has 0 aliphatic heterocycles. The van der Waals surface area contributed by atoms with Gasteiger partial charge in [-0.25, -0.2) is 18.0 Å². The van der Waals surface area contributed by atoms with Crippen LogP contribution in [-0.2, 0) is 11.3 Å². The van der Waals surface area contributed by atoms with Crippen LogP contribution in [0.5, 0.6) is 0 Å². The standard InChI is InChI=1S/C14H9ClF3NO2/c15-8-1-2-10(16)7(3-8)6-21-14(20)9-4-13(19)12(18)5-11(9)17/h1-5H,6,19H2. The Bertz CT molecular complexity index is 707. The van der Waals surface area contributed by atoms with Crippen LogP contribution >= 0.6 is 11.6 Å². The predicted octanol–water partition coefficient (Wildman–Crippen LogP) is 3.70. The van der Waals surface area contributed by atoms with Crippen molar-refractivity contribution in [3.05, 3.63) is 63.9 Å². The second-order valence-corrected chi connectivity index (χ2v) is 4.60. The maximum atomic E-state index is 13.5. The number of hydrogen-bond donors (Lipinski definition) is 1. The average Bonchev–Trinajstić information content (AvgIpc) is 2.43. The van der Waals surface area contributed by atoms with Gasteiger partial charge in [0, 0.05) is 16.7 Å². The van der Waals surface area contributed by atoms with Crippen molar-refractivity contribution in [2.45, 2.75) is 6.61 Å². The molecule has 0 spiro atoms. The summed E-state index contributed by atoms with van der Waals surface area (Å²) in [7, 11) is 0. The lowest BCUT2D eigenvalue weighted by Gasteiger charge is -2.08. The molecule has 0 fully saturated rings. The molecule has 0 unspecified atom stereocenters. The Balaban J connectivity index is 2.15. The minimum atomic E-state index is -1.11. The third-order valence-corrected chi connectivity index (χ3v) is 2.91. The van der Waals surface area contributed by atoms with Crippen molar-refractivity contribution in [3.63, 3.8) is 0 Å². The van der Waals surface area contributed by atoms with E-state index in [1.165, 1.54) is 12.1 Å². The number of carbonyl (C=O) groups is 1. The van der Waals surface area contributed by atoms with Crippen LogP contribution in [0, 0.1) is 17.5 Å². The summed E-state index contributed by atoms with van der Waals surface area (Å²) in [6, 6.07) is 5.03. The zero-order valence-electron chi connectivity index (χ0n) is 10.5. The van der Waals surface area contributed by atoms with Crippen molar-refractivity contribution in [1.82, 2.24) is 0 Å². The maximum absolute atomic E-state index is 13.5. The van der Waals surface area contributed by atoms with Gasteiger partial charge in [0.05, 0.1) is 11.3 Å². The third-order valence-electron chi connectivity index (χ3n) is 2.67. The highest BCUT2D eigenvalue weighted by Crippen LogP contribution is 2.19. The van der Waals surface area contributed by atoms with Crippen molar-refractivity contribution >= 4 is 23.3 Å². The number of rotatable bonds is 3. The smallest absolute Gasteiger partial charge is 0.341 e. The van der Waals surface area contributed by atoms with E-state index in [4.69, 9.17) is 22.1 Å². The van der Waals surface area contributed by atoms with Crippen molar-refractivity contribution in [2.24, 2.45) is 0 Å². The molecular formula is C14H9ClF3NO2. The van der Waals surface area contributed by atoms with Gasteiger partial charge < -0.3 is 10.5 Å². The molecule has 2 aromatic carbocycles. The van der Waals surface area contributed by atoms with Gasteiger partial charge in [0.2, 0.25) is 0 Å². The van der Waals surface area contributed by atoms with E-state index in [0.29, 0.717) is 6.07 Å². The second kappa shape index (κ2) is 6.05. The van der Waals surface area contributed by atoms with E-state index in [1.54, 1.807) is 0 Å². The molecule has 2 aromatic rings. The lowest BCUT2D eigenvalue weighted by atomic mass is 10.2. The van der Waals surface area contributed by atoms with Crippen LogP contribution in [0.4, 0.5) is 18.9 Å². The Kier molecular flexibility index (Phi) is 4.37. The van der Waals surface area contributed by atoms with Gasteiger partial charge in [-0.3, -0.25) is 0 Å². The molecule has 110 valence electrons. The van der Waals surface area contributed by atoms with Gasteiger partial charge in [0.15, 0.2) is 0 Å². The topological polar surface area (TPSA) is 52.3 Å². The molecule has 3 nitrogen and oxygen atoms in total. The summed E-state index contributed by atoms with van der Waals surface area (Å²) in [5.74, 6) is -3.80. The number of ether oxygens (including phenoxy) is 1. The van der Waals surface area contributed by atoms with Gasteiger partial charge in [0.25, 0.3) is 0 Å². The van der Waals surface area contributed by atoms with Crippen molar-refractivity contribution < 1.29 is 22.7 Å². The fourth-order valence-corrected chi connectivity index (χ4v) is 1.79. The molecule has 0 bridgehead atoms. The quantitative estimate of drug-likeness (QED) is 0.694. The van der Waals surface area contributed by atoms with E-state index >= 15 is 0 Å². The highest BCUT2D eigenvalue weighted by Gasteiger charge is 2.17. The molecule has 0 radical (unpaired) electrons. The van der Waals surface area contributed by atoms with Crippen LogP contribution in [0.25, 0.3) is 0 Å². The molecule has 0 saturated carbocycles. The first kappa shape index (κ1) is 15.2. The molecule has 0 aliphatic carbocycles. The first-order valence-corrected chi connectivity index (χ1v) is 6.12. The summed E-state index contributed by atoms with van der Waals surface area (Å²) in [5.41, 5.74) is 4.36. The summed E-state index contributed by atoms with van der Waals surface area (Å²) in [4.78, 5) is 11.7. The monoisotopic (exact) mass is 315 g/mol. The molecule has 2 rings (SSSR count). The Morgan fingerprint density at radius 1 is 1.10 bits per heavy atom. The normalized spacial score (nSPS) is 10.5. The minimum absolute atomic E-state index is 0.0336. The summed E-state index contributed by atoms with van der Waals surface area (Å²) < 4.78 is 44.6. The zero-order chi connectivity index (χ0) is 15.6. The van der Waals surface area contributed by atoms with Crippen LogP contribution in [-0.4, -0.2) is 5.97 Å². The van der Waals surface area contributed by atoms with Gasteiger partial charge >= 0.3 is 5.97 Å². The van der Waals surface area contributed by atoms with E-state index in [2.05, 4.69) is 0 Å². The van der Waals surface area contributed by atoms with E-state index in [1.807, 2.05) is 0 Å². The molecule has 0 heterocycles. The molecular weight excluding hydrogens is 307 g/mol. The fraction of sp³-hybridized carbons (Fsp3) is 0.0714.